The molecular formula is C17H24ClNO3. The number of alkyl halides is 1. The first-order valence-corrected chi connectivity index (χ1v) is 7.95. The van der Waals surface area contributed by atoms with Gasteiger partial charge in [-0.25, -0.2) is 0 Å². The highest BCUT2D eigenvalue weighted by molar-refractivity contribution is 6.17. The maximum absolute atomic E-state index is 8.91. The lowest BCUT2D eigenvalue weighted by Gasteiger charge is -2.24. The van der Waals surface area contributed by atoms with Gasteiger partial charge >= 0.3 is 0 Å². The second kappa shape index (κ2) is 9.42. The molecular weight excluding hydrogens is 302 g/mol. The molecule has 0 aliphatic carbocycles. The summed E-state index contributed by atoms with van der Waals surface area (Å²) in [5.41, 5.74) is 0.843. The first-order valence-electron chi connectivity index (χ1n) is 7.41. The molecule has 0 N–H and O–H groups in total. The Labute approximate surface area is 137 Å². The Morgan fingerprint density at radius 3 is 2.36 bits per heavy atom. The summed E-state index contributed by atoms with van der Waals surface area (Å²) in [6.45, 7) is 4.23. The number of methoxy groups -OCH3 is 2. The number of rotatable bonds is 9. The van der Waals surface area contributed by atoms with E-state index in [9.17, 15) is 0 Å². The van der Waals surface area contributed by atoms with E-state index in [1.54, 1.807) is 20.3 Å². The van der Waals surface area contributed by atoms with Gasteiger partial charge in [0, 0.05) is 5.88 Å². The molecule has 4 nitrogen and oxygen atoms in total. The van der Waals surface area contributed by atoms with Crippen LogP contribution in [0.4, 0.5) is 0 Å². The summed E-state index contributed by atoms with van der Waals surface area (Å²) >= 11 is 5.79. The predicted molar refractivity (Wildman–Crippen MR) is 88.1 cm³/mol. The third kappa shape index (κ3) is 4.99. The van der Waals surface area contributed by atoms with Gasteiger partial charge < -0.3 is 14.2 Å². The van der Waals surface area contributed by atoms with Crippen LogP contribution in [0.5, 0.6) is 17.2 Å². The van der Waals surface area contributed by atoms with Crippen LogP contribution in [0.2, 0.25) is 0 Å². The van der Waals surface area contributed by atoms with Gasteiger partial charge in [0.2, 0.25) is 5.75 Å². The highest BCUT2D eigenvalue weighted by Crippen LogP contribution is 2.39. The minimum Gasteiger partial charge on any atom is -0.493 e. The maximum atomic E-state index is 8.91. The molecule has 0 heterocycles. The molecule has 1 atom stereocenters. The van der Waals surface area contributed by atoms with Crippen LogP contribution in [0.25, 0.3) is 0 Å². The number of nitriles is 1. The van der Waals surface area contributed by atoms with E-state index in [-0.39, 0.29) is 6.10 Å². The third-order valence-corrected chi connectivity index (χ3v) is 3.70. The minimum atomic E-state index is 0.0368. The van der Waals surface area contributed by atoms with Gasteiger partial charge in [-0.2, -0.15) is 5.26 Å². The van der Waals surface area contributed by atoms with Gasteiger partial charge in [-0.15, -0.1) is 11.6 Å². The fourth-order valence-electron chi connectivity index (χ4n) is 2.23. The largest absolute Gasteiger partial charge is 0.493 e. The van der Waals surface area contributed by atoms with E-state index in [2.05, 4.69) is 19.9 Å². The smallest absolute Gasteiger partial charge is 0.203 e. The van der Waals surface area contributed by atoms with Gasteiger partial charge in [-0.3, -0.25) is 0 Å². The fourth-order valence-corrected chi connectivity index (χ4v) is 2.39. The highest BCUT2D eigenvalue weighted by Gasteiger charge is 2.20. The summed E-state index contributed by atoms with van der Waals surface area (Å²) in [5.74, 6) is 2.70. The molecule has 1 rings (SSSR count). The second-order valence-electron chi connectivity index (χ2n) is 5.40. The molecule has 5 heteroatoms. The van der Waals surface area contributed by atoms with E-state index in [4.69, 9.17) is 31.1 Å². The van der Waals surface area contributed by atoms with Crippen LogP contribution in [0.3, 0.4) is 0 Å². The fraction of sp³-hybridized carbons (Fsp3) is 0.588. The average Bonchev–Trinajstić information content (AvgIpc) is 2.50. The zero-order chi connectivity index (χ0) is 16.5. The summed E-state index contributed by atoms with van der Waals surface area (Å²) in [6, 6.07) is 5.79. The molecule has 0 saturated heterocycles. The molecule has 0 amide bonds. The zero-order valence-corrected chi connectivity index (χ0v) is 14.4. The van der Waals surface area contributed by atoms with Gasteiger partial charge in [0.05, 0.1) is 26.7 Å². The molecule has 0 aliphatic rings. The molecule has 0 aliphatic heterocycles. The lowest BCUT2D eigenvalue weighted by molar-refractivity contribution is 0.135. The first-order chi connectivity index (χ1) is 10.6. The van der Waals surface area contributed by atoms with Crippen molar-refractivity contribution >= 4 is 11.6 Å². The Hall–Kier alpha value is -1.60. The van der Waals surface area contributed by atoms with Crippen LogP contribution in [0.15, 0.2) is 12.1 Å². The Morgan fingerprint density at radius 1 is 1.18 bits per heavy atom. The van der Waals surface area contributed by atoms with Crippen molar-refractivity contribution in [1.29, 1.82) is 5.26 Å². The highest BCUT2D eigenvalue weighted by atomic mass is 35.5. The van der Waals surface area contributed by atoms with Crippen molar-refractivity contribution in [2.45, 2.75) is 39.2 Å². The minimum absolute atomic E-state index is 0.0368. The molecule has 0 saturated carbocycles. The van der Waals surface area contributed by atoms with E-state index in [0.29, 0.717) is 35.5 Å². The van der Waals surface area contributed by atoms with Crippen LogP contribution < -0.4 is 14.2 Å². The summed E-state index contributed by atoms with van der Waals surface area (Å²) in [6.07, 6.45) is 2.09. The predicted octanol–water partition coefficient (Wildman–Crippen LogP) is 4.19. The van der Waals surface area contributed by atoms with E-state index in [0.717, 1.165) is 18.4 Å². The van der Waals surface area contributed by atoms with Crippen molar-refractivity contribution in [3.05, 3.63) is 17.7 Å². The molecule has 1 aromatic carbocycles. The van der Waals surface area contributed by atoms with E-state index in [1.165, 1.54) is 0 Å². The van der Waals surface area contributed by atoms with E-state index >= 15 is 0 Å². The number of hydrogen-bond acceptors (Lipinski definition) is 4. The normalized spacial score (nSPS) is 11.9. The SMILES string of the molecule is COc1cc(CC#N)cc(O[C@H](CCCCl)C(C)C)c1OC. The molecule has 0 aromatic heterocycles. The zero-order valence-electron chi connectivity index (χ0n) is 13.7. The number of halogens is 1. The summed E-state index contributed by atoms with van der Waals surface area (Å²) < 4.78 is 16.9. The van der Waals surface area contributed by atoms with Crippen LogP contribution >= 0.6 is 11.6 Å². The Balaban J connectivity index is 3.13. The molecule has 0 radical (unpaired) electrons. The monoisotopic (exact) mass is 325 g/mol. The Morgan fingerprint density at radius 2 is 1.86 bits per heavy atom. The van der Waals surface area contributed by atoms with Gasteiger partial charge in [0.1, 0.15) is 6.10 Å². The summed E-state index contributed by atoms with van der Waals surface area (Å²) in [5, 5.41) is 8.91. The topological polar surface area (TPSA) is 51.5 Å². The van der Waals surface area contributed by atoms with Gasteiger partial charge in [0.15, 0.2) is 11.5 Å². The van der Waals surface area contributed by atoms with Crippen molar-refractivity contribution in [2.75, 3.05) is 20.1 Å². The number of ether oxygens (including phenoxy) is 3. The maximum Gasteiger partial charge on any atom is 0.203 e. The lowest BCUT2D eigenvalue weighted by atomic mass is 10.0. The quantitative estimate of drug-likeness (QED) is 0.639. The number of benzene rings is 1. The lowest BCUT2D eigenvalue weighted by Crippen LogP contribution is -2.23. The van der Waals surface area contributed by atoms with Crippen LogP contribution in [-0.2, 0) is 6.42 Å². The average molecular weight is 326 g/mol. The van der Waals surface area contributed by atoms with Crippen molar-refractivity contribution in [3.8, 4) is 23.3 Å². The van der Waals surface area contributed by atoms with Crippen molar-refractivity contribution < 1.29 is 14.2 Å². The van der Waals surface area contributed by atoms with Crippen molar-refractivity contribution in [3.63, 3.8) is 0 Å². The van der Waals surface area contributed by atoms with Crippen LogP contribution in [-0.4, -0.2) is 26.2 Å². The Kier molecular flexibility index (Phi) is 7.90. The van der Waals surface area contributed by atoms with Gasteiger partial charge in [0.25, 0.3) is 0 Å². The van der Waals surface area contributed by atoms with Crippen molar-refractivity contribution in [1.82, 2.24) is 0 Å². The van der Waals surface area contributed by atoms with E-state index in [1.807, 2.05) is 6.07 Å². The molecule has 0 spiro atoms. The second-order valence-corrected chi connectivity index (χ2v) is 5.77. The van der Waals surface area contributed by atoms with Gasteiger partial charge in [-0.1, -0.05) is 13.8 Å². The summed E-state index contributed by atoms with van der Waals surface area (Å²) in [4.78, 5) is 0. The molecule has 0 unspecified atom stereocenters. The number of hydrogen-bond donors (Lipinski definition) is 0. The van der Waals surface area contributed by atoms with E-state index < -0.39 is 0 Å². The van der Waals surface area contributed by atoms with Crippen molar-refractivity contribution in [2.24, 2.45) is 5.92 Å². The first kappa shape index (κ1) is 18.4. The standard InChI is InChI=1S/C17H24ClNO3/c1-12(2)14(6-5-8-18)22-16-11-13(7-9-19)10-15(20-3)17(16)21-4/h10-12,14H,5-8H2,1-4H3/t14-/m1/s1. The molecule has 22 heavy (non-hydrogen) atoms. The Bertz CT molecular complexity index is 511. The van der Waals surface area contributed by atoms with Gasteiger partial charge in [-0.05, 0) is 36.5 Å². The molecule has 1 aromatic rings. The molecule has 0 bridgehead atoms. The van der Waals surface area contributed by atoms with Crippen LogP contribution in [0.1, 0.15) is 32.3 Å². The van der Waals surface area contributed by atoms with Crippen LogP contribution in [0, 0.1) is 17.2 Å². The third-order valence-electron chi connectivity index (χ3n) is 3.43. The molecule has 122 valence electrons. The summed E-state index contributed by atoms with van der Waals surface area (Å²) in [7, 11) is 3.16. The molecule has 0 fully saturated rings. The number of nitrogens with zero attached hydrogens (tertiary/aromatic N) is 1.